The summed E-state index contributed by atoms with van der Waals surface area (Å²) in [6, 6.07) is 1.20. The number of urea groups is 1. The largest absolute Gasteiger partial charge is 0.481 e. The minimum absolute atomic E-state index is 0.277. The van der Waals surface area contributed by atoms with Gasteiger partial charge in [-0.15, -0.1) is 0 Å². The molecular weight excluding hydrogens is 248 g/mol. The van der Waals surface area contributed by atoms with Crippen LogP contribution in [0.2, 0.25) is 0 Å². The Morgan fingerprint density at radius 2 is 2.32 bits per heavy atom. The Labute approximate surface area is 111 Å². The van der Waals surface area contributed by atoms with Crippen molar-refractivity contribution in [2.24, 2.45) is 13.0 Å². The summed E-state index contributed by atoms with van der Waals surface area (Å²) >= 11 is 0. The van der Waals surface area contributed by atoms with E-state index in [2.05, 4.69) is 15.7 Å². The zero-order chi connectivity index (χ0) is 13.8. The van der Waals surface area contributed by atoms with Gasteiger partial charge >= 0.3 is 12.0 Å². The van der Waals surface area contributed by atoms with Gasteiger partial charge in [0.1, 0.15) is 0 Å². The van der Waals surface area contributed by atoms with Crippen LogP contribution >= 0.6 is 0 Å². The van der Waals surface area contributed by atoms with E-state index in [0.717, 1.165) is 12.1 Å². The summed E-state index contributed by atoms with van der Waals surface area (Å²) in [5.74, 6) is -1.31. The third-order valence-corrected chi connectivity index (χ3v) is 3.35. The molecule has 104 valence electrons. The van der Waals surface area contributed by atoms with Crippen molar-refractivity contribution in [2.45, 2.75) is 31.8 Å². The number of carboxylic acids is 1. The Balaban J connectivity index is 1.79. The molecule has 1 aliphatic carbocycles. The second kappa shape index (κ2) is 5.73. The monoisotopic (exact) mass is 266 g/mol. The van der Waals surface area contributed by atoms with Crippen LogP contribution < -0.4 is 10.6 Å². The molecule has 3 N–H and O–H groups in total. The van der Waals surface area contributed by atoms with E-state index < -0.39 is 11.9 Å². The molecule has 0 aliphatic heterocycles. The molecule has 1 fully saturated rings. The normalized spacial score (nSPS) is 22.2. The lowest BCUT2D eigenvalue weighted by Gasteiger charge is -2.17. The molecule has 2 rings (SSSR count). The Kier molecular flexibility index (Phi) is 4.03. The highest BCUT2D eigenvalue weighted by atomic mass is 16.4. The van der Waals surface area contributed by atoms with Gasteiger partial charge in [-0.05, 0) is 18.9 Å². The van der Waals surface area contributed by atoms with Crippen LogP contribution in [0, 0.1) is 5.92 Å². The zero-order valence-electron chi connectivity index (χ0n) is 10.8. The maximum Gasteiger partial charge on any atom is 0.315 e. The van der Waals surface area contributed by atoms with Gasteiger partial charge < -0.3 is 15.7 Å². The summed E-state index contributed by atoms with van der Waals surface area (Å²) in [5.41, 5.74) is 0.763. The van der Waals surface area contributed by atoms with Crippen molar-refractivity contribution >= 4 is 12.0 Å². The van der Waals surface area contributed by atoms with Gasteiger partial charge in [0.25, 0.3) is 0 Å². The highest BCUT2D eigenvalue weighted by molar-refractivity contribution is 5.76. The van der Waals surface area contributed by atoms with E-state index in [1.165, 1.54) is 0 Å². The fourth-order valence-corrected chi connectivity index (χ4v) is 2.38. The first-order valence-electron chi connectivity index (χ1n) is 6.32. The van der Waals surface area contributed by atoms with E-state index in [1.54, 1.807) is 17.9 Å². The topological polar surface area (TPSA) is 96.2 Å². The van der Waals surface area contributed by atoms with Crippen LogP contribution in [0.5, 0.6) is 0 Å². The molecule has 19 heavy (non-hydrogen) atoms. The number of carbonyl (C=O) groups is 2. The average Bonchev–Trinajstić information content (AvgIpc) is 2.95. The molecule has 0 aromatic carbocycles. The number of nitrogens with one attached hydrogen (secondary N) is 2. The van der Waals surface area contributed by atoms with Gasteiger partial charge in [0.2, 0.25) is 0 Å². The number of amides is 2. The van der Waals surface area contributed by atoms with Crippen LogP contribution in [0.1, 0.15) is 25.0 Å². The summed E-state index contributed by atoms with van der Waals surface area (Å²) in [6.07, 6.45) is 3.98. The molecule has 1 aliphatic rings. The number of carbonyl (C=O) groups excluding carboxylic acids is 1. The quantitative estimate of drug-likeness (QED) is 0.738. The Bertz CT molecular complexity index is 471. The average molecular weight is 266 g/mol. The van der Waals surface area contributed by atoms with Gasteiger partial charge in [-0.3, -0.25) is 9.48 Å². The molecule has 2 unspecified atom stereocenters. The van der Waals surface area contributed by atoms with Gasteiger partial charge in [-0.2, -0.15) is 5.10 Å². The van der Waals surface area contributed by atoms with Crippen LogP contribution in [0.15, 0.2) is 12.3 Å². The number of hydrogen-bond donors (Lipinski definition) is 3. The predicted octanol–water partition coefficient (Wildman–Crippen LogP) is 0.473. The number of nitrogens with zero attached hydrogens (tertiary/aromatic N) is 2. The molecule has 1 saturated carbocycles. The molecule has 2 atom stereocenters. The van der Waals surface area contributed by atoms with E-state index in [1.807, 2.05) is 6.07 Å². The number of aromatic nitrogens is 2. The lowest BCUT2D eigenvalue weighted by molar-refractivity contribution is -0.142. The molecule has 0 bridgehead atoms. The second-order valence-corrected chi connectivity index (χ2v) is 4.79. The van der Waals surface area contributed by atoms with E-state index in [0.29, 0.717) is 19.4 Å². The first-order chi connectivity index (χ1) is 9.06. The third-order valence-electron chi connectivity index (χ3n) is 3.35. The predicted molar refractivity (Wildman–Crippen MR) is 67.3 cm³/mol. The number of rotatable bonds is 4. The van der Waals surface area contributed by atoms with Crippen molar-refractivity contribution in [2.75, 3.05) is 0 Å². The lowest BCUT2D eigenvalue weighted by atomic mass is 10.0. The van der Waals surface area contributed by atoms with Crippen molar-refractivity contribution in [1.29, 1.82) is 0 Å². The van der Waals surface area contributed by atoms with Crippen LogP contribution in [-0.2, 0) is 18.4 Å². The van der Waals surface area contributed by atoms with E-state index >= 15 is 0 Å². The van der Waals surface area contributed by atoms with E-state index in [-0.39, 0.29) is 12.1 Å². The molecule has 0 spiro atoms. The Hall–Kier alpha value is -2.05. The fraction of sp³-hybridized carbons (Fsp3) is 0.583. The SMILES string of the molecule is Cn1ccc(CNC(=O)NC2CCCC2C(=O)O)n1. The highest BCUT2D eigenvalue weighted by Crippen LogP contribution is 2.25. The molecule has 1 aromatic rings. The van der Waals surface area contributed by atoms with Gasteiger partial charge in [-0.25, -0.2) is 4.79 Å². The maximum absolute atomic E-state index is 11.7. The molecular formula is C12H18N4O3. The van der Waals surface area contributed by atoms with Crippen LogP contribution in [0.25, 0.3) is 0 Å². The van der Waals surface area contributed by atoms with Gasteiger partial charge in [0.15, 0.2) is 0 Å². The standard InChI is InChI=1S/C12H18N4O3/c1-16-6-5-8(15-16)7-13-12(19)14-10-4-2-3-9(10)11(17)18/h5-6,9-10H,2-4,7H2,1H3,(H,17,18)(H2,13,14,19). The van der Waals surface area contributed by atoms with Crippen molar-refractivity contribution < 1.29 is 14.7 Å². The van der Waals surface area contributed by atoms with Crippen molar-refractivity contribution in [3.63, 3.8) is 0 Å². The smallest absolute Gasteiger partial charge is 0.315 e. The highest BCUT2D eigenvalue weighted by Gasteiger charge is 2.33. The fourth-order valence-electron chi connectivity index (χ4n) is 2.38. The van der Waals surface area contributed by atoms with Gasteiger partial charge in [0, 0.05) is 19.3 Å². The number of aliphatic carboxylic acids is 1. The molecule has 1 aromatic heterocycles. The van der Waals surface area contributed by atoms with Gasteiger partial charge in [0.05, 0.1) is 18.2 Å². The van der Waals surface area contributed by atoms with Crippen LogP contribution in [-0.4, -0.2) is 32.9 Å². The van der Waals surface area contributed by atoms with E-state index in [4.69, 9.17) is 5.11 Å². The number of aryl methyl sites for hydroxylation is 1. The van der Waals surface area contributed by atoms with Crippen LogP contribution in [0.3, 0.4) is 0 Å². The molecule has 0 radical (unpaired) electrons. The number of hydrogen-bond acceptors (Lipinski definition) is 3. The van der Waals surface area contributed by atoms with Gasteiger partial charge in [-0.1, -0.05) is 6.42 Å². The number of carboxylic acid groups (broad SMARTS) is 1. The summed E-state index contributed by atoms with van der Waals surface area (Å²) in [4.78, 5) is 22.7. The Morgan fingerprint density at radius 1 is 1.53 bits per heavy atom. The summed E-state index contributed by atoms with van der Waals surface area (Å²) < 4.78 is 1.66. The first-order valence-corrected chi connectivity index (χ1v) is 6.32. The zero-order valence-corrected chi connectivity index (χ0v) is 10.8. The Morgan fingerprint density at radius 3 is 2.95 bits per heavy atom. The molecule has 2 amide bonds. The molecule has 0 saturated heterocycles. The summed E-state index contributed by atoms with van der Waals surface area (Å²) in [6.45, 7) is 0.330. The third kappa shape index (κ3) is 3.46. The summed E-state index contributed by atoms with van der Waals surface area (Å²) in [7, 11) is 1.81. The van der Waals surface area contributed by atoms with Crippen molar-refractivity contribution in [1.82, 2.24) is 20.4 Å². The molecule has 7 heteroatoms. The summed E-state index contributed by atoms with van der Waals surface area (Å²) in [5, 5.41) is 18.6. The van der Waals surface area contributed by atoms with Crippen LogP contribution in [0.4, 0.5) is 4.79 Å². The first kappa shape index (κ1) is 13.4. The second-order valence-electron chi connectivity index (χ2n) is 4.79. The van der Waals surface area contributed by atoms with Crippen molar-refractivity contribution in [3.05, 3.63) is 18.0 Å². The minimum atomic E-state index is -0.840. The van der Waals surface area contributed by atoms with Crippen molar-refractivity contribution in [3.8, 4) is 0 Å². The van der Waals surface area contributed by atoms with E-state index in [9.17, 15) is 9.59 Å². The minimum Gasteiger partial charge on any atom is -0.481 e. The molecule has 7 nitrogen and oxygen atoms in total. The maximum atomic E-state index is 11.7. The lowest BCUT2D eigenvalue weighted by Crippen LogP contribution is -2.45. The molecule has 1 heterocycles.